The average Bonchev–Trinajstić information content (AvgIpc) is 4.14. The molecule has 1 fully saturated rings. The molecule has 0 spiro atoms. The number of thiazole rings is 1. The van der Waals surface area contributed by atoms with Gasteiger partial charge in [-0.15, -0.1) is 11.3 Å². The largest absolute Gasteiger partial charge is 0.487 e. The van der Waals surface area contributed by atoms with Gasteiger partial charge in [0.05, 0.1) is 45.7 Å². The van der Waals surface area contributed by atoms with Gasteiger partial charge >= 0.3 is 11.7 Å². The SMILES string of the molecule is Cc1ncsc1-c1ccc(CNC(=O)[C@@H]2C[C@@H](O)CN2C(=O)[C@@H](CCC(=O)CCCCOC(=O)c2ccc(Nc3n[nH]c(-c4ccc(NS(=O)(=O)C(F)F)c(OCc5ccc(F)cc5)c4)c3C(N)=O)nc2)C(C)(C)C)cc1. The smallest absolute Gasteiger partial charge is 0.355 e. The summed E-state index contributed by atoms with van der Waals surface area (Å²) in [5.41, 5.74) is 10.1. The Kier molecular flexibility index (Phi) is 18.5. The van der Waals surface area contributed by atoms with Crippen molar-refractivity contribution in [2.75, 3.05) is 23.2 Å². The van der Waals surface area contributed by atoms with Crippen LogP contribution in [0.15, 0.2) is 90.6 Å². The molecule has 0 radical (unpaired) electrons. The molecule has 1 aliphatic rings. The number of pyridine rings is 1. The third-order valence-corrected chi connectivity index (χ3v) is 14.7. The van der Waals surface area contributed by atoms with Gasteiger partial charge in [-0.25, -0.2) is 27.6 Å². The number of esters is 1. The number of unbranched alkanes of at least 4 members (excludes halogenated alkanes) is 1. The fourth-order valence-corrected chi connectivity index (χ4v) is 9.98. The highest BCUT2D eigenvalue weighted by Crippen LogP contribution is 2.37. The minimum Gasteiger partial charge on any atom is -0.487 e. The predicted molar refractivity (Wildman–Crippen MR) is 281 cm³/mol. The molecule has 1 saturated heterocycles. The highest BCUT2D eigenvalue weighted by molar-refractivity contribution is 7.93. The van der Waals surface area contributed by atoms with E-state index in [4.69, 9.17) is 15.2 Å². The summed E-state index contributed by atoms with van der Waals surface area (Å²) in [6.45, 7) is 7.69. The van der Waals surface area contributed by atoms with Crippen molar-refractivity contribution < 1.29 is 60.1 Å². The average molecular weight is 1100 g/mol. The van der Waals surface area contributed by atoms with Crippen molar-refractivity contribution in [3.63, 3.8) is 0 Å². The zero-order valence-electron chi connectivity index (χ0n) is 42.5. The third kappa shape index (κ3) is 14.8. The van der Waals surface area contributed by atoms with Crippen LogP contribution in [0.2, 0.25) is 0 Å². The number of aryl methyl sites for hydroxylation is 1. The van der Waals surface area contributed by atoms with Gasteiger partial charge in [-0.1, -0.05) is 63.2 Å². The van der Waals surface area contributed by atoms with Crippen LogP contribution >= 0.6 is 11.3 Å². The molecule has 1 aliphatic heterocycles. The van der Waals surface area contributed by atoms with Crippen LogP contribution in [0.5, 0.6) is 5.75 Å². The first-order valence-corrected chi connectivity index (χ1v) is 26.9. The zero-order valence-corrected chi connectivity index (χ0v) is 44.1. The number of amides is 3. The summed E-state index contributed by atoms with van der Waals surface area (Å²) in [7, 11) is -5.12. The molecule has 3 amide bonds. The quantitative estimate of drug-likeness (QED) is 0.0247. The number of nitrogens with one attached hydrogen (secondary N) is 4. The second-order valence-electron chi connectivity index (χ2n) is 19.4. The maximum atomic E-state index is 14.1. The van der Waals surface area contributed by atoms with Crippen molar-refractivity contribution in [3.8, 4) is 27.4 Å². The number of anilines is 3. The van der Waals surface area contributed by atoms with Crippen LogP contribution in [0, 0.1) is 24.1 Å². The highest BCUT2D eigenvalue weighted by Gasteiger charge is 2.44. The molecule has 3 atom stereocenters. The van der Waals surface area contributed by atoms with Crippen LogP contribution in [0.1, 0.15) is 96.8 Å². The summed E-state index contributed by atoms with van der Waals surface area (Å²) in [6.07, 6.45) is 1.79. The van der Waals surface area contributed by atoms with Gasteiger partial charge in [0.15, 0.2) is 5.82 Å². The Hall–Kier alpha value is -7.70. The van der Waals surface area contributed by atoms with Crippen molar-refractivity contribution in [2.45, 2.75) is 97.3 Å². The Labute approximate surface area is 446 Å². The van der Waals surface area contributed by atoms with E-state index < -0.39 is 57.0 Å². The normalized spacial score (nSPS) is 15.0. The van der Waals surface area contributed by atoms with E-state index in [-0.39, 0.29) is 115 Å². The first-order valence-electron chi connectivity index (χ1n) is 24.4. The van der Waals surface area contributed by atoms with Crippen molar-refractivity contribution >= 4 is 68.2 Å². The van der Waals surface area contributed by atoms with E-state index >= 15 is 0 Å². The number of benzene rings is 3. The standard InChI is InChI=1S/C53H58F3N9O10S2/c1-30-46(76-29-60-30)33-12-8-31(9-13-33)25-59-49(69)41-24-38(67)27-65(41)50(70)39(53(2,3)4)19-18-37(66)7-5-6-22-74-51(71)35-15-21-43(58-26-35)61-48-44(47(57)68)45(62-63-48)34-14-20-40(64-77(72,73)52(55)56)42(23-34)75-28-32-10-16-36(54)17-11-32/h8-17,20-21,23,26,29,38-39,41,52,64,67H,5-7,18-19,22,24-25,27-28H2,1-4H3,(H2,57,68)(H,59,69)(H2,58,61,62,63)/t38-,39-,41+/m1/s1. The molecule has 0 unspecified atom stereocenters. The summed E-state index contributed by atoms with van der Waals surface area (Å²) < 4.78 is 77.1. The van der Waals surface area contributed by atoms with E-state index in [1.54, 1.807) is 21.6 Å². The number of ketones is 1. The molecule has 408 valence electrons. The van der Waals surface area contributed by atoms with Gasteiger partial charge in [0.2, 0.25) is 11.8 Å². The number of halogens is 3. The number of aliphatic hydroxyl groups is 1. The number of nitrogens with zero attached hydrogens (tertiary/aromatic N) is 4. The maximum absolute atomic E-state index is 14.1. The lowest BCUT2D eigenvalue weighted by molar-refractivity contribution is -0.145. The lowest BCUT2D eigenvalue weighted by atomic mass is 9.76. The molecule has 0 saturated carbocycles. The second-order valence-corrected chi connectivity index (χ2v) is 21.9. The van der Waals surface area contributed by atoms with Crippen molar-refractivity contribution in [1.82, 2.24) is 30.4 Å². The van der Waals surface area contributed by atoms with Crippen LogP contribution in [-0.4, -0.2) is 99.1 Å². The zero-order chi connectivity index (χ0) is 55.6. The van der Waals surface area contributed by atoms with E-state index in [9.17, 15) is 50.7 Å². The van der Waals surface area contributed by atoms with E-state index in [0.29, 0.717) is 18.4 Å². The van der Waals surface area contributed by atoms with Crippen LogP contribution in [0.4, 0.5) is 30.5 Å². The molecule has 3 aromatic heterocycles. The Bertz CT molecular complexity index is 3190. The molecule has 0 aliphatic carbocycles. The van der Waals surface area contributed by atoms with Gasteiger partial charge in [-0.05, 0) is 84.7 Å². The molecule has 7 rings (SSSR count). The number of ether oxygens (including phenoxy) is 2. The molecule has 6 aromatic rings. The summed E-state index contributed by atoms with van der Waals surface area (Å²) in [4.78, 5) is 77.4. The Morgan fingerprint density at radius 1 is 0.948 bits per heavy atom. The number of rotatable bonds is 24. The number of carbonyl (C=O) groups excluding carboxylic acids is 5. The lowest BCUT2D eigenvalue weighted by Gasteiger charge is -2.35. The fraction of sp³-hybridized carbons (Fsp3) is 0.358. The molecule has 19 nitrogen and oxygen atoms in total. The maximum Gasteiger partial charge on any atom is 0.355 e. The summed E-state index contributed by atoms with van der Waals surface area (Å²) in [5.74, 6) is -7.42. The van der Waals surface area contributed by atoms with E-state index in [1.807, 2.05) is 52.0 Å². The van der Waals surface area contributed by atoms with Gasteiger partial charge in [-0.3, -0.25) is 29.0 Å². The van der Waals surface area contributed by atoms with Crippen LogP contribution in [0.3, 0.4) is 0 Å². The number of β-amino-alcohol motifs (C(OH)–C–C–N with tert-alkyl or cyclic N) is 1. The van der Waals surface area contributed by atoms with Crippen LogP contribution in [0.25, 0.3) is 21.7 Å². The molecule has 4 heterocycles. The lowest BCUT2D eigenvalue weighted by Crippen LogP contribution is -2.49. The van der Waals surface area contributed by atoms with Crippen molar-refractivity contribution in [2.24, 2.45) is 17.1 Å². The van der Waals surface area contributed by atoms with E-state index in [2.05, 4.69) is 30.8 Å². The summed E-state index contributed by atoms with van der Waals surface area (Å²) >= 11 is 1.55. The van der Waals surface area contributed by atoms with E-state index in [1.165, 1.54) is 59.6 Å². The molecule has 0 bridgehead atoms. The van der Waals surface area contributed by atoms with Gasteiger partial charge < -0.3 is 35.8 Å². The van der Waals surface area contributed by atoms with Crippen molar-refractivity contribution in [1.29, 1.82) is 0 Å². The Morgan fingerprint density at radius 2 is 1.66 bits per heavy atom. The number of sulfonamides is 1. The van der Waals surface area contributed by atoms with Gasteiger partial charge in [0.1, 0.15) is 41.4 Å². The van der Waals surface area contributed by atoms with Gasteiger partial charge in [0, 0.05) is 50.0 Å². The monoisotopic (exact) mass is 1100 g/mol. The second kappa shape index (κ2) is 25.0. The molecular weight excluding hydrogens is 1040 g/mol. The topological polar surface area (TPSA) is 278 Å². The highest BCUT2D eigenvalue weighted by atomic mass is 32.2. The Morgan fingerprint density at radius 3 is 2.31 bits per heavy atom. The minimum absolute atomic E-state index is 0.00388. The van der Waals surface area contributed by atoms with Crippen LogP contribution < -0.4 is 25.8 Å². The number of Topliss-reactive ketones (excluding diaryl/α,β-unsaturated/α-hetero) is 1. The van der Waals surface area contributed by atoms with Gasteiger partial charge in [-0.2, -0.15) is 13.9 Å². The fourth-order valence-electron chi connectivity index (χ4n) is 8.61. The number of H-pyrrole nitrogens is 1. The molecule has 24 heteroatoms. The van der Waals surface area contributed by atoms with Crippen LogP contribution in [-0.2, 0) is 42.3 Å². The number of hydrogen-bond donors (Lipinski definition) is 6. The number of aliphatic hydroxyl groups excluding tert-OH is 1. The number of primary amides is 1. The number of aromatic nitrogens is 4. The number of nitrogens with two attached hydrogens (primary N) is 1. The number of aromatic amines is 1. The minimum atomic E-state index is -5.12. The first kappa shape index (κ1) is 57.0. The first-order chi connectivity index (χ1) is 36.6. The van der Waals surface area contributed by atoms with E-state index in [0.717, 1.165) is 27.8 Å². The van der Waals surface area contributed by atoms with Crippen molar-refractivity contribution in [3.05, 3.63) is 124 Å². The summed E-state index contributed by atoms with van der Waals surface area (Å²) in [5, 5.41) is 23.2. The molecule has 7 N–H and O–H groups in total. The number of hydrogen-bond acceptors (Lipinski definition) is 15. The molecular formula is C53H58F3N9O10S2. The summed E-state index contributed by atoms with van der Waals surface area (Å²) in [6, 6.07) is 18.7. The predicted octanol–water partition coefficient (Wildman–Crippen LogP) is 8.05. The number of carbonyl (C=O) groups is 5. The van der Waals surface area contributed by atoms with Gasteiger partial charge in [0.25, 0.3) is 15.9 Å². The molecule has 77 heavy (non-hydrogen) atoms. The number of alkyl halides is 2. The third-order valence-electron chi connectivity index (χ3n) is 12.8. The Balaban J connectivity index is 0.876. The molecule has 3 aromatic carbocycles. The number of likely N-dealkylation sites (tertiary alicyclic amines) is 1.